The largest absolute Gasteiger partial charge is 0.506 e. The van der Waals surface area contributed by atoms with Gasteiger partial charge < -0.3 is 9.67 Å². The number of aromatic hydroxyl groups is 1. The number of aryl methyl sites for hydroxylation is 2. The Balaban J connectivity index is 0.997. The monoisotopic (exact) mass is 723 g/mol. The molecular formula is C32H34FN9O8S. The van der Waals surface area contributed by atoms with E-state index in [1.165, 1.54) is 26.0 Å². The van der Waals surface area contributed by atoms with Crippen LogP contribution in [-0.2, 0) is 43.5 Å². The number of carbonyl (C=O) groups excluding carboxylic acids is 4. The van der Waals surface area contributed by atoms with Gasteiger partial charge in [-0.15, -0.1) is 0 Å². The summed E-state index contributed by atoms with van der Waals surface area (Å²) in [6.07, 6.45) is 3.36. The number of fused-ring (bicyclic) bond motifs is 1. The Morgan fingerprint density at radius 2 is 1.78 bits per heavy atom. The number of aromatic nitrogens is 4. The Bertz CT molecular complexity index is 2310. The van der Waals surface area contributed by atoms with E-state index in [0.717, 1.165) is 24.5 Å². The average molecular weight is 724 g/mol. The van der Waals surface area contributed by atoms with Gasteiger partial charge in [-0.1, -0.05) is 6.07 Å². The summed E-state index contributed by atoms with van der Waals surface area (Å²) in [7, 11) is -1.14. The summed E-state index contributed by atoms with van der Waals surface area (Å²) in [6.45, 7) is 0.615. The quantitative estimate of drug-likeness (QED) is 0.195. The zero-order chi connectivity index (χ0) is 36.4. The minimum atomic E-state index is -4.39. The Morgan fingerprint density at radius 3 is 2.47 bits per heavy atom. The van der Waals surface area contributed by atoms with E-state index in [2.05, 4.69) is 15.6 Å². The Hall–Kier alpha value is -5.56. The second kappa shape index (κ2) is 12.6. The highest BCUT2D eigenvalue weighted by Crippen LogP contribution is 2.39. The van der Waals surface area contributed by atoms with E-state index in [-0.39, 0.29) is 60.0 Å². The van der Waals surface area contributed by atoms with Crippen LogP contribution in [-0.4, -0.2) is 86.9 Å². The molecule has 0 aliphatic carbocycles. The first-order chi connectivity index (χ1) is 24.2. The number of rotatable bonds is 7. The van der Waals surface area contributed by atoms with E-state index in [9.17, 15) is 37.5 Å². The highest BCUT2D eigenvalue weighted by molar-refractivity contribution is 7.92. The van der Waals surface area contributed by atoms with Crippen LogP contribution in [0.4, 0.5) is 16.0 Å². The van der Waals surface area contributed by atoms with E-state index in [4.69, 9.17) is 0 Å². The van der Waals surface area contributed by atoms with Gasteiger partial charge in [0.1, 0.15) is 24.0 Å². The predicted molar refractivity (Wildman–Crippen MR) is 180 cm³/mol. The Morgan fingerprint density at radius 1 is 1.04 bits per heavy atom. The number of hydrogen-bond donors (Lipinski definition) is 4. The summed E-state index contributed by atoms with van der Waals surface area (Å²) in [4.78, 5) is 68.4. The SMILES string of the molecule is Cn1cc(-c2ccc(O)c(N3CC(=O)NS3(=O)=O)c2F)nc1NC(=O)CN1CCC(c2ccc3c(c2)n(C)c(=O)n3C2CCC(=O)NC2=O)CC1. The maximum atomic E-state index is 15.6. The molecule has 3 aliphatic rings. The second-order valence-corrected chi connectivity index (χ2v) is 14.5. The van der Waals surface area contributed by atoms with E-state index in [1.54, 1.807) is 18.8 Å². The molecule has 5 heterocycles. The third kappa shape index (κ3) is 6.11. The van der Waals surface area contributed by atoms with Gasteiger partial charge >= 0.3 is 15.9 Å². The zero-order valence-corrected chi connectivity index (χ0v) is 28.4. The van der Waals surface area contributed by atoms with Crippen LogP contribution in [0.2, 0.25) is 0 Å². The lowest BCUT2D eigenvalue weighted by Crippen LogP contribution is -2.44. The number of amides is 4. The van der Waals surface area contributed by atoms with Crippen molar-refractivity contribution in [2.45, 2.75) is 37.6 Å². The molecule has 3 fully saturated rings. The number of piperidine rings is 2. The van der Waals surface area contributed by atoms with Crippen molar-refractivity contribution in [3.63, 3.8) is 0 Å². The molecule has 4 amide bonds. The summed E-state index contributed by atoms with van der Waals surface area (Å²) < 4.78 is 46.9. The molecule has 19 heteroatoms. The molecule has 1 unspecified atom stereocenters. The first-order valence-corrected chi connectivity index (χ1v) is 17.6. The summed E-state index contributed by atoms with van der Waals surface area (Å²) >= 11 is 0. The number of nitrogens with zero attached hydrogens (tertiary/aromatic N) is 6. The molecule has 51 heavy (non-hydrogen) atoms. The van der Waals surface area contributed by atoms with Gasteiger partial charge in [0.05, 0.1) is 23.3 Å². The van der Waals surface area contributed by atoms with Gasteiger partial charge in [0.25, 0.3) is 5.91 Å². The van der Waals surface area contributed by atoms with E-state index in [0.29, 0.717) is 28.4 Å². The molecule has 0 saturated carbocycles. The number of carbonyl (C=O) groups is 4. The fourth-order valence-electron chi connectivity index (χ4n) is 7.00. The summed E-state index contributed by atoms with van der Waals surface area (Å²) in [5.41, 5.74) is 1.23. The third-order valence-corrected chi connectivity index (χ3v) is 11.0. The minimum absolute atomic E-state index is 0.0603. The number of halogens is 1. The summed E-state index contributed by atoms with van der Waals surface area (Å²) in [5, 5.41) is 15.3. The van der Waals surface area contributed by atoms with Crippen LogP contribution >= 0.6 is 0 Å². The van der Waals surface area contributed by atoms with Crippen molar-refractivity contribution in [1.29, 1.82) is 0 Å². The number of hydrogen-bond acceptors (Lipinski definition) is 10. The molecule has 3 saturated heterocycles. The first-order valence-electron chi connectivity index (χ1n) is 16.2. The summed E-state index contributed by atoms with van der Waals surface area (Å²) in [6, 6.07) is 7.31. The van der Waals surface area contributed by atoms with Gasteiger partial charge in [-0.25, -0.2) is 23.2 Å². The van der Waals surface area contributed by atoms with Crippen LogP contribution in [0.3, 0.4) is 0 Å². The van der Waals surface area contributed by atoms with Crippen LogP contribution in [0.15, 0.2) is 41.3 Å². The van der Waals surface area contributed by atoms with Crippen LogP contribution < -0.4 is 25.4 Å². The molecular weight excluding hydrogens is 689 g/mol. The van der Waals surface area contributed by atoms with Crippen molar-refractivity contribution in [3.05, 3.63) is 58.4 Å². The molecule has 4 N–H and O–H groups in total. The van der Waals surface area contributed by atoms with Gasteiger partial charge in [-0.2, -0.15) is 8.42 Å². The number of imide groups is 1. The Labute approximate surface area is 289 Å². The topological polar surface area (TPSA) is 210 Å². The number of benzene rings is 2. The smallest absolute Gasteiger partial charge is 0.329 e. The van der Waals surface area contributed by atoms with Gasteiger partial charge in [-0.05, 0) is 68.1 Å². The van der Waals surface area contributed by atoms with Crippen molar-refractivity contribution in [2.24, 2.45) is 14.1 Å². The second-order valence-electron chi connectivity index (χ2n) is 12.9. The molecule has 0 radical (unpaired) electrons. The third-order valence-electron chi connectivity index (χ3n) is 9.63. The minimum Gasteiger partial charge on any atom is -0.506 e. The lowest BCUT2D eigenvalue weighted by molar-refractivity contribution is -0.135. The fraction of sp³-hybridized carbons (Fsp3) is 0.375. The number of phenols is 1. The number of likely N-dealkylation sites (tertiary alicyclic amines) is 1. The molecule has 4 aromatic rings. The molecule has 268 valence electrons. The fourth-order valence-corrected chi connectivity index (χ4v) is 8.17. The van der Waals surface area contributed by atoms with Crippen LogP contribution in [0, 0.1) is 5.82 Å². The number of phenolic OH excluding ortho intramolecular Hbond substituents is 1. The lowest BCUT2D eigenvalue weighted by atomic mass is 9.89. The van der Waals surface area contributed by atoms with Gasteiger partial charge in [0.2, 0.25) is 23.7 Å². The molecule has 0 bridgehead atoms. The van der Waals surface area contributed by atoms with Crippen LogP contribution in [0.25, 0.3) is 22.3 Å². The average Bonchev–Trinajstić information content (AvgIpc) is 3.65. The molecule has 3 aliphatic heterocycles. The van der Waals surface area contributed by atoms with E-state index < -0.39 is 51.9 Å². The highest BCUT2D eigenvalue weighted by atomic mass is 32.2. The molecule has 7 rings (SSSR count). The standard InChI is InChI=1S/C32H34FN9O8S/c1-38-14-20(19-4-7-24(43)29(28(19)33)41-16-27(46)37-51(41,49)50)34-31(38)36-26(45)15-40-11-9-17(10-12-40)18-3-5-21-23(13-18)39(2)32(48)42(21)22-6-8-25(44)35-30(22)47/h3-5,7,13-14,17,22,43H,6,8-12,15-16H2,1-2H3,(H,37,46)(H,34,36,45)(H,35,44,47). The van der Waals surface area contributed by atoms with E-state index >= 15 is 4.39 Å². The molecule has 0 spiro atoms. The van der Waals surface area contributed by atoms with Crippen LogP contribution in [0.1, 0.15) is 43.2 Å². The van der Waals surface area contributed by atoms with E-state index in [1.807, 2.05) is 23.1 Å². The number of anilines is 2. The maximum Gasteiger partial charge on any atom is 0.329 e. The number of imidazole rings is 2. The molecule has 2 aromatic heterocycles. The number of nitrogens with one attached hydrogen (secondary N) is 3. The maximum absolute atomic E-state index is 15.6. The van der Waals surface area contributed by atoms with Crippen molar-refractivity contribution < 1.29 is 37.1 Å². The normalized spacial score (nSPS) is 19.8. The van der Waals surface area contributed by atoms with Crippen molar-refractivity contribution in [3.8, 4) is 17.0 Å². The van der Waals surface area contributed by atoms with Gasteiger partial charge in [-0.3, -0.25) is 43.8 Å². The molecule has 1 atom stereocenters. The zero-order valence-electron chi connectivity index (χ0n) is 27.6. The van der Waals surface area contributed by atoms with Crippen molar-refractivity contribution in [2.75, 3.05) is 35.8 Å². The van der Waals surface area contributed by atoms with Crippen molar-refractivity contribution in [1.82, 2.24) is 33.6 Å². The van der Waals surface area contributed by atoms with Crippen LogP contribution in [0.5, 0.6) is 5.75 Å². The first kappa shape index (κ1) is 33.9. The Kier molecular flexibility index (Phi) is 8.41. The molecule has 17 nitrogen and oxygen atoms in total. The highest BCUT2D eigenvalue weighted by Gasteiger charge is 2.38. The lowest BCUT2D eigenvalue weighted by Gasteiger charge is -2.31. The van der Waals surface area contributed by atoms with Gasteiger partial charge in [0.15, 0.2) is 5.82 Å². The van der Waals surface area contributed by atoms with Crippen molar-refractivity contribution >= 4 is 56.5 Å². The summed E-state index contributed by atoms with van der Waals surface area (Å²) in [5.74, 6) is -3.56. The van der Waals surface area contributed by atoms with Gasteiger partial charge in [0, 0.05) is 32.3 Å². The molecule has 2 aromatic carbocycles. The predicted octanol–water partition coefficient (Wildman–Crippen LogP) is 0.562.